The van der Waals surface area contributed by atoms with Crippen LogP contribution in [0, 0.1) is 11.8 Å². The molecule has 0 spiro atoms. The van der Waals surface area contributed by atoms with Crippen molar-refractivity contribution >= 4 is 0 Å². The minimum Gasteiger partial charge on any atom is -0.329 e. The molecule has 1 heterocycles. The van der Waals surface area contributed by atoms with Gasteiger partial charge in [0.25, 0.3) is 0 Å². The number of rotatable bonds is 4. The number of likely N-dealkylation sites (tertiary alicyclic amines) is 1. The predicted octanol–water partition coefficient (Wildman–Crippen LogP) is 3.02. The Kier molecular flexibility index (Phi) is 4.48. The molecule has 2 rings (SSSR count). The zero-order valence-electron chi connectivity index (χ0n) is 11.8. The molecule has 1 aliphatic heterocycles. The van der Waals surface area contributed by atoms with Gasteiger partial charge in [-0.1, -0.05) is 26.7 Å². The summed E-state index contributed by atoms with van der Waals surface area (Å²) in [4.78, 5) is 2.76. The second kappa shape index (κ2) is 5.71. The molecule has 3 atom stereocenters. The Morgan fingerprint density at radius 2 is 1.94 bits per heavy atom. The van der Waals surface area contributed by atoms with Gasteiger partial charge in [0.05, 0.1) is 0 Å². The molecule has 2 nitrogen and oxygen atoms in total. The summed E-state index contributed by atoms with van der Waals surface area (Å²) in [6, 6.07) is 0. The van der Waals surface area contributed by atoms with Gasteiger partial charge >= 0.3 is 0 Å². The number of piperidine rings is 1. The molecule has 0 aromatic carbocycles. The molecular weight excluding hydrogens is 208 g/mol. The van der Waals surface area contributed by atoms with Crippen LogP contribution >= 0.6 is 0 Å². The molecule has 0 bridgehead atoms. The van der Waals surface area contributed by atoms with E-state index in [1.54, 1.807) is 0 Å². The Labute approximate surface area is 107 Å². The van der Waals surface area contributed by atoms with Crippen LogP contribution in [0.4, 0.5) is 0 Å². The van der Waals surface area contributed by atoms with Gasteiger partial charge in [0, 0.05) is 18.6 Å². The van der Waals surface area contributed by atoms with E-state index in [2.05, 4.69) is 18.7 Å². The smallest absolute Gasteiger partial charge is 0.0334 e. The van der Waals surface area contributed by atoms with E-state index in [-0.39, 0.29) is 0 Å². The van der Waals surface area contributed by atoms with Gasteiger partial charge in [0.1, 0.15) is 0 Å². The van der Waals surface area contributed by atoms with E-state index >= 15 is 0 Å². The van der Waals surface area contributed by atoms with Crippen molar-refractivity contribution in [3.8, 4) is 0 Å². The summed E-state index contributed by atoms with van der Waals surface area (Å²) in [5.41, 5.74) is 6.53. The summed E-state index contributed by atoms with van der Waals surface area (Å²) in [7, 11) is 0. The van der Waals surface area contributed by atoms with Crippen LogP contribution in [-0.4, -0.2) is 30.1 Å². The second-order valence-electron chi connectivity index (χ2n) is 6.31. The van der Waals surface area contributed by atoms with Crippen molar-refractivity contribution in [1.82, 2.24) is 4.90 Å². The summed E-state index contributed by atoms with van der Waals surface area (Å²) in [5, 5.41) is 0. The number of nitrogens with zero attached hydrogens (tertiary/aromatic N) is 1. The van der Waals surface area contributed by atoms with Gasteiger partial charge in [0.15, 0.2) is 0 Å². The maximum absolute atomic E-state index is 6.16. The fourth-order valence-corrected chi connectivity index (χ4v) is 3.99. The average molecular weight is 238 g/mol. The monoisotopic (exact) mass is 238 g/mol. The molecule has 2 heteroatoms. The molecule has 0 aromatic rings. The largest absolute Gasteiger partial charge is 0.329 e. The first-order chi connectivity index (χ1) is 8.24. The van der Waals surface area contributed by atoms with Crippen molar-refractivity contribution in [2.75, 3.05) is 19.6 Å². The van der Waals surface area contributed by atoms with Crippen molar-refractivity contribution in [2.45, 2.75) is 64.3 Å². The van der Waals surface area contributed by atoms with Crippen molar-refractivity contribution in [1.29, 1.82) is 0 Å². The lowest BCUT2D eigenvalue weighted by Gasteiger charge is -2.45. The van der Waals surface area contributed by atoms with Gasteiger partial charge in [-0.25, -0.2) is 0 Å². The first-order valence-corrected chi connectivity index (χ1v) is 7.69. The lowest BCUT2D eigenvalue weighted by Crippen LogP contribution is -2.55. The van der Waals surface area contributed by atoms with E-state index in [0.717, 1.165) is 18.4 Å². The SMILES string of the molecule is CCC1CCCN(C2(CN)CCC(CC)C2)C1. The van der Waals surface area contributed by atoms with E-state index < -0.39 is 0 Å². The highest BCUT2D eigenvalue weighted by Crippen LogP contribution is 2.41. The van der Waals surface area contributed by atoms with Gasteiger partial charge in [-0.2, -0.15) is 0 Å². The average Bonchev–Trinajstić information content (AvgIpc) is 2.84. The van der Waals surface area contributed by atoms with Gasteiger partial charge in [-0.3, -0.25) is 4.90 Å². The lowest BCUT2D eigenvalue weighted by atomic mass is 9.87. The molecule has 1 saturated carbocycles. The van der Waals surface area contributed by atoms with Crippen LogP contribution < -0.4 is 5.73 Å². The first-order valence-electron chi connectivity index (χ1n) is 7.69. The highest BCUT2D eigenvalue weighted by atomic mass is 15.2. The molecule has 1 saturated heterocycles. The van der Waals surface area contributed by atoms with E-state index in [1.807, 2.05) is 0 Å². The number of nitrogens with two attached hydrogens (primary N) is 1. The Morgan fingerprint density at radius 1 is 1.18 bits per heavy atom. The fourth-order valence-electron chi connectivity index (χ4n) is 3.99. The molecule has 0 radical (unpaired) electrons. The van der Waals surface area contributed by atoms with Crippen molar-refractivity contribution in [2.24, 2.45) is 17.6 Å². The van der Waals surface area contributed by atoms with Gasteiger partial charge in [-0.15, -0.1) is 0 Å². The third kappa shape index (κ3) is 2.68. The predicted molar refractivity (Wildman–Crippen MR) is 74.0 cm³/mol. The quantitative estimate of drug-likeness (QED) is 0.816. The molecule has 1 aliphatic carbocycles. The second-order valence-corrected chi connectivity index (χ2v) is 6.31. The van der Waals surface area contributed by atoms with E-state index in [4.69, 9.17) is 5.73 Å². The molecule has 100 valence electrons. The minimum atomic E-state index is 0.370. The molecule has 17 heavy (non-hydrogen) atoms. The maximum atomic E-state index is 6.16. The molecular formula is C15H30N2. The first kappa shape index (κ1) is 13.4. The summed E-state index contributed by atoms with van der Waals surface area (Å²) < 4.78 is 0. The molecule has 0 aromatic heterocycles. The van der Waals surface area contributed by atoms with E-state index in [0.29, 0.717) is 5.54 Å². The topological polar surface area (TPSA) is 29.3 Å². The van der Waals surface area contributed by atoms with Crippen LogP contribution in [0.25, 0.3) is 0 Å². The number of hydrogen-bond donors (Lipinski definition) is 1. The highest BCUT2D eigenvalue weighted by Gasteiger charge is 2.43. The highest BCUT2D eigenvalue weighted by molar-refractivity contribution is 5.00. The fraction of sp³-hybridized carbons (Fsp3) is 1.00. The van der Waals surface area contributed by atoms with Crippen LogP contribution in [0.5, 0.6) is 0 Å². The van der Waals surface area contributed by atoms with Crippen molar-refractivity contribution in [3.63, 3.8) is 0 Å². The zero-order chi connectivity index (χ0) is 12.3. The Balaban J connectivity index is 2.02. The third-order valence-electron chi connectivity index (χ3n) is 5.41. The normalized spacial score (nSPS) is 39.7. The molecule has 0 amide bonds. The standard InChI is InChI=1S/C15H30N2/c1-3-13-7-8-15(10-13,12-16)17-9-5-6-14(4-2)11-17/h13-14H,3-12,16H2,1-2H3. The van der Waals surface area contributed by atoms with Crippen LogP contribution in [-0.2, 0) is 0 Å². The molecule has 2 N–H and O–H groups in total. The maximum Gasteiger partial charge on any atom is 0.0334 e. The van der Waals surface area contributed by atoms with Gasteiger partial charge in [0.2, 0.25) is 0 Å². The Bertz CT molecular complexity index is 241. The van der Waals surface area contributed by atoms with Crippen LogP contribution in [0.15, 0.2) is 0 Å². The van der Waals surface area contributed by atoms with Crippen LogP contribution in [0.3, 0.4) is 0 Å². The van der Waals surface area contributed by atoms with Crippen LogP contribution in [0.2, 0.25) is 0 Å². The van der Waals surface area contributed by atoms with E-state index in [1.165, 1.54) is 58.0 Å². The molecule has 2 aliphatic rings. The molecule has 3 unspecified atom stereocenters. The third-order valence-corrected chi connectivity index (χ3v) is 5.41. The van der Waals surface area contributed by atoms with Crippen LogP contribution in [0.1, 0.15) is 58.8 Å². The number of hydrogen-bond acceptors (Lipinski definition) is 2. The molecule has 2 fully saturated rings. The Morgan fingerprint density at radius 3 is 2.53 bits per heavy atom. The van der Waals surface area contributed by atoms with E-state index in [9.17, 15) is 0 Å². The summed E-state index contributed by atoms with van der Waals surface area (Å²) in [6.07, 6.45) is 9.61. The van der Waals surface area contributed by atoms with Gasteiger partial charge < -0.3 is 5.73 Å². The minimum absolute atomic E-state index is 0.370. The summed E-state index contributed by atoms with van der Waals surface area (Å²) in [6.45, 7) is 8.16. The summed E-state index contributed by atoms with van der Waals surface area (Å²) >= 11 is 0. The summed E-state index contributed by atoms with van der Waals surface area (Å²) in [5.74, 6) is 1.86. The zero-order valence-corrected chi connectivity index (χ0v) is 11.8. The van der Waals surface area contributed by atoms with Crippen molar-refractivity contribution in [3.05, 3.63) is 0 Å². The van der Waals surface area contributed by atoms with Gasteiger partial charge in [-0.05, 0) is 50.5 Å². The Hall–Kier alpha value is -0.0800. The van der Waals surface area contributed by atoms with Crippen molar-refractivity contribution < 1.29 is 0 Å². The lowest BCUT2D eigenvalue weighted by molar-refractivity contribution is 0.0474.